The van der Waals surface area contributed by atoms with Crippen molar-refractivity contribution in [2.75, 3.05) is 63.4 Å². The van der Waals surface area contributed by atoms with Crippen LogP contribution in [0.1, 0.15) is 43.7 Å². The number of amides is 1. The monoisotopic (exact) mass is 678 g/mol. The highest BCUT2D eigenvalue weighted by atomic mass is 32.2. The van der Waals surface area contributed by atoms with Crippen LogP contribution >= 0.6 is 11.9 Å². The van der Waals surface area contributed by atoms with Crippen LogP contribution in [0.5, 0.6) is 0 Å². The molecule has 0 spiro atoms. The molecule has 1 aliphatic rings. The predicted molar refractivity (Wildman–Crippen MR) is 202 cm³/mol. The van der Waals surface area contributed by atoms with E-state index in [4.69, 9.17) is 20.1 Å². The van der Waals surface area contributed by atoms with E-state index in [0.717, 1.165) is 76.4 Å². The first-order chi connectivity index (χ1) is 23.7. The zero-order chi connectivity index (χ0) is 34.5. The van der Waals surface area contributed by atoms with E-state index in [9.17, 15) is 4.79 Å². The Morgan fingerprint density at radius 1 is 1.06 bits per heavy atom. The second-order valence-electron chi connectivity index (χ2n) is 13.2. The van der Waals surface area contributed by atoms with E-state index in [1.807, 2.05) is 90.3 Å². The second kappa shape index (κ2) is 15.4. The van der Waals surface area contributed by atoms with Gasteiger partial charge >= 0.3 is 0 Å². The van der Waals surface area contributed by atoms with Crippen LogP contribution in [0.3, 0.4) is 0 Å². The summed E-state index contributed by atoms with van der Waals surface area (Å²) in [5.74, 6) is 1.53. The van der Waals surface area contributed by atoms with Gasteiger partial charge in [-0.15, -0.1) is 0 Å². The predicted octanol–water partition coefficient (Wildman–Crippen LogP) is 6.31. The summed E-state index contributed by atoms with van der Waals surface area (Å²) in [6.45, 7) is 7.40. The summed E-state index contributed by atoms with van der Waals surface area (Å²) < 4.78 is 4.03. The minimum Gasteiger partial charge on any atom is -0.350 e. The Hall–Kier alpha value is -4.52. The van der Waals surface area contributed by atoms with E-state index >= 15 is 0 Å². The first kappa shape index (κ1) is 34.3. The van der Waals surface area contributed by atoms with Gasteiger partial charge in [0, 0.05) is 65.9 Å². The molecular weight excluding hydrogens is 633 g/mol. The smallest absolute Gasteiger partial charge is 0.248 e. The number of rotatable bonds is 12. The van der Waals surface area contributed by atoms with Crippen LogP contribution in [-0.4, -0.2) is 92.8 Å². The molecule has 5 aromatic rings. The molecule has 1 fully saturated rings. The quantitative estimate of drug-likeness (QED) is 0.115. The number of fused-ring (bicyclic) bond motifs is 2. The van der Waals surface area contributed by atoms with Gasteiger partial charge in [0.2, 0.25) is 17.8 Å². The molecule has 49 heavy (non-hydrogen) atoms. The molecule has 0 unspecified atom stereocenters. The fourth-order valence-corrected chi connectivity index (χ4v) is 7.13. The molecule has 0 radical (unpaired) electrons. The van der Waals surface area contributed by atoms with E-state index in [2.05, 4.69) is 59.9 Å². The van der Waals surface area contributed by atoms with Gasteiger partial charge in [-0.3, -0.25) is 14.1 Å². The molecule has 256 valence electrons. The first-order valence-corrected chi connectivity index (χ1v) is 17.7. The third-order valence-electron chi connectivity index (χ3n) is 8.57. The lowest BCUT2D eigenvalue weighted by molar-refractivity contribution is -0.111. The van der Waals surface area contributed by atoms with E-state index in [1.165, 1.54) is 0 Å². The molecule has 0 aliphatic carbocycles. The number of aromatic nitrogens is 5. The van der Waals surface area contributed by atoms with Gasteiger partial charge in [-0.25, -0.2) is 0 Å². The summed E-state index contributed by atoms with van der Waals surface area (Å²) in [7, 11) is 8.15. The van der Waals surface area contributed by atoms with Gasteiger partial charge in [0.15, 0.2) is 5.65 Å². The summed E-state index contributed by atoms with van der Waals surface area (Å²) in [6.07, 6.45) is 9.32. The molecule has 0 atom stereocenters. The van der Waals surface area contributed by atoms with Gasteiger partial charge < -0.3 is 20.4 Å². The van der Waals surface area contributed by atoms with Crippen molar-refractivity contribution in [2.45, 2.75) is 44.4 Å². The lowest BCUT2D eigenvalue weighted by Gasteiger charge is -2.32. The average Bonchev–Trinajstić information content (AvgIpc) is 3.52. The van der Waals surface area contributed by atoms with Crippen molar-refractivity contribution in [1.29, 1.82) is 0 Å². The van der Waals surface area contributed by atoms with Crippen molar-refractivity contribution in [3.63, 3.8) is 0 Å². The van der Waals surface area contributed by atoms with Crippen molar-refractivity contribution in [3.05, 3.63) is 84.2 Å². The summed E-state index contributed by atoms with van der Waals surface area (Å²) in [5, 5.41) is 13.9. The van der Waals surface area contributed by atoms with Crippen LogP contribution in [-0.2, 0) is 11.3 Å². The third-order valence-corrected chi connectivity index (χ3v) is 9.76. The number of carbonyl (C=O) groups is 1. The minimum absolute atomic E-state index is 0.153. The molecule has 11 nitrogen and oxygen atoms in total. The highest BCUT2D eigenvalue weighted by Gasteiger charge is 2.24. The zero-order valence-corrected chi connectivity index (χ0v) is 30.0. The number of anilines is 3. The van der Waals surface area contributed by atoms with E-state index in [-0.39, 0.29) is 11.8 Å². The summed E-state index contributed by atoms with van der Waals surface area (Å²) in [6, 6.07) is 16.2. The number of hydrogen-bond donors (Lipinski definition) is 2. The number of pyridine rings is 1. The number of likely N-dealkylation sites (N-methyl/N-ethyl adjacent to an activating group) is 1. The van der Waals surface area contributed by atoms with Crippen LogP contribution in [0, 0.1) is 0 Å². The van der Waals surface area contributed by atoms with Gasteiger partial charge in [-0.05, 0) is 76.1 Å². The number of nitrogens with zero attached hydrogens (tertiary/aromatic N) is 8. The number of carbonyl (C=O) groups excluding carboxylic acids is 1. The number of hydrogen-bond acceptors (Lipinski definition) is 10. The fourth-order valence-electron chi connectivity index (χ4n) is 6.11. The molecule has 12 heteroatoms. The SMILES string of the molecule is CC(C)c1cnn2c(NCc3ccccc3-c3nccc4cc(NC(=O)/C=C/CN(C)C)ccc34)nc(N3CCC(SN(C)C)CC3)nc12. The molecule has 6 rings (SSSR count). The summed E-state index contributed by atoms with van der Waals surface area (Å²) >= 11 is 1.91. The maximum absolute atomic E-state index is 12.5. The van der Waals surface area contributed by atoms with Gasteiger partial charge in [-0.2, -0.15) is 19.6 Å². The highest BCUT2D eigenvalue weighted by molar-refractivity contribution is 7.97. The minimum atomic E-state index is -0.153. The molecule has 1 saturated heterocycles. The van der Waals surface area contributed by atoms with Crippen molar-refractivity contribution < 1.29 is 4.79 Å². The standard InChI is InChI=1S/C37H46N10OS/c1-25(2)32-24-40-47-35(32)42-37(46-20-16-29(17-21-46)49-45(5)6)43-36(47)39-23-27-10-7-8-11-30(27)34-31-14-13-28(22-26(31)15-18-38-34)41-33(48)12-9-19-44(3)4/h7-15,18,22,24-25,29H,16-17,19-21,23H2,1-6H3,(H,41,48)(H,39,42,43)/b12-9+. The van der Waals surface area contributed by atoms with Crippen molar-refractivity contribution in [2.24, 2.45) is 0 Å². The summed E-state index contributed by atoms with van der Waals surface area (Å²) in [4.78, 5) is 31.7. The molecule has 0 bridgehead atoms. The van der Waals surface area contributed by atoms with Gasteiger partial charge in [0.05, 0.1) is 11.9 Å². The second-order valence-corrected chi connectivity index (χ2v) is 14.8. The zero-order valence-electron chi connectivity index (χ0n) is 29.2. The molecule has 3 aromatic heterocycles. The maximum Gasteiger partial charge on any atom is 0.248 e. The van der Waals surface area contributed by atoms with Crippen molar-refractivity contribution >= 4 is 51.9 Å². The number of nitrogens with one attached hydrogen (secondary N) is 2. The van der Waals surface area contributed by atoms with Gasteiger partial charge in [0.1, 0.15) is 0 Å². The molecular formula is C37H46N10OS. The van der Waals surface area contributed by atoms with Gasteiger partial charge in [-0.1, -0.05) is 62.2 Å². The van der Waals surface area contributed by atoms with Crippen LogP contribution in [0.25, 0.3) is 27.7 Å². The Balaban J connectivity index is 1.26. The van der Waals surface area contributed by atoms with Crippen molar-refractivity contribution in [3.8, 4) is 11.3 Å². The molecule has 0 saturated carbocycles. The number of piperidine rings is 1. The lowest BCUT2D eigenvalue weighted by Crippen LogP contribution is -2.37. The number of benzene rings is 2. The van der Waals surface area contributed by atoms with E-state index in [1.54, 1.807) is 6.08 Å². The lowest BCUT2D eigenvalue weighted by atomic mass is 9.99. The van der Waals surface area contributed by atoms with Crippen LogP contribution < -0.4 is 15.5 Å². The summed E-state index contributed by atoms with van der Waals surface area (Å²) in [5.41, 5.74) is 5.67. The Labute approximate surface area is 293 Å². The van der Waals surface area contributed by atoms with Crippen LogP contribution in [0.15, 0.2) is 73.1 Å². The Bertz CT molecular complexity index is 1940. The Morgan fingerprint density at radius 3 is 2.61 bits per heavy atom. The van der Waals surface area contributed by atoms with Crippen LogP contribution in [0.2, 0.25) is 0 Å². The molecule has 2 aromatic carbocycles. The largest absolute Gasteiger partial charge is 0.350 e. The van der Waals surface area contributed by atoms with E-state index in [0.29, 0.717) is 24.3 Å². The average molecular weight is 679 g/mol. The van der Waals surface area contributed by atoms with Crippen LogP contribution in [0.4, 0.5) is 17.6 Å². The molecule has 1 aliphatic heterocycles. The van der Waals surface area contributed by atoms with E-state index < -0.39 is 0 Å². The highest BCUT2D eigenvalue weighted by Crippen LogP contribution is 2.32. The van der Waals surface area contributed by atoms with Crippen molar-refractivity contribution in [1.82, 2.24) is 33.8 Å². The van der Waals surface area contributed by atoms with Gasteiger partial charge in [0.25, 0.3) is 0 Å². The molecule has 4 heterocycles. The maximum atomic E-state index is 12.5. The first-order valence-electron chi connectivity index (χ1n) is 16.8. The third kappa shape index (κ3) is 8.21. The molecule has 1 amide bonds. The fraction of sp³-hybridized carbons (Fsp3) is 0.378. The normalized spacial score (nSPS) is 14.3. The molecule has 2 N–H and O–H groups in total. The Morgan fingerprint density at radius 2 is 1.86 bits per heavy atom. The Kier molecular flexibility index (Phi) is 10.8. The topological polar surface area (TPSA) is 107 Å².